The van der Waals surface area contributed by atoms with Crippen LogP contribution < -0.4 is 25.2 Å². The zero-order valence-electron chi connectivity index (χ0n) is 39.7. The van der Waals surface area contributed by atoms with E-state index in [0.29, 0.717) is 68.5 Å². The number of sulfone groups is 2. The molecule has 388 valence electrons. The fourth-order valence-electron chi connectivity index (χ4n) is 8.19. The van der Waals surface area contributed by atoms with Crippen LogP contribution in [0.15, 0.2) is 115 Å². The van der Waals surface area contributed by atoms with Crippen molar-refractivity contribution < 1.29 is 64.9 Å². The number of hydroxylamine groups is 2. The van der Waals surface area contributed by atoms with Gasteiger partial charge in [0, 0.05) is 51.5 Å². The van der Waals surface area contributed by atoms with Gasteiger partial charge in [-0.25, -0.2) is 37.8 Å². The van der Waals surface area contributed by atoms with Crippen LogP contribution in [-0.2, 0) is 38.7 Å². The number of fused-ring (bicyclic) bond motifs is 2. The Balaban J connectivity index is 0.000000212. The van der Waals surface area contributed by atoms with E-state index in [0.717, 1.165) is 43.6 Å². The summed E-state index contributed by atoms with van der Waals surface area (Å²) in [6.07, 6.45) is 0.817. The standard InChI is InChI=1S/C25H31N3O7S2.C23H26N2O7S3/c1-33-17-15-28-13-11-25(12-14-28,23(29)27-30)37(31,32)20-9-7-19(8-10-20)34-16-4-18-36-24-26-21-5-2-3-6-22(21)35-24;1-2-31-17-5-8-19-20(15-17)34-22(24-19)33-14-13-32-16-3-6-18(7-4-16)35(28,29)23(21(26)25-27)9-11-30-12-10-23/h2-3,5-10,30H,4,11-18H2,1H3,(H,27,29);3-8,15,27H,2,9-14H2,1H3,(H,25,26). The molecule has 4 aromatic carbocycles. The Kier molecular flexibility index (Phi) is 19.2. The van der Waals surface area contributed by atoms with Crippen molar-refractivity contribution in [1.82, 2.24) is 25.8 Å². The SMILES string of the molecule is CCOc1ccc2nc(SCCOc3ccc(S(=O)(=O)C4(C(=O)NO)CCOCC4)cc3)sc2c1.COCCN1CCC(C(=O)NO)(S(=O)(=O)c2ccc(OCCCSc3nc4ccccc4o3)cc2)CC1. The van der Waals surface area contributed by atoms with Crippen molar-refractivity contribution in [3.8, 4) is 17.2 Å². The lowest BCUT2D eigenvalue weighted by molar-refractivity contribution is -0.134. The number of ether oxygens (including phenoxy) is 5. The molecule has 0 saturated carbocycles. The minimum Gasteiger partial charge on any atom is -0.494 e. The summed E-state index contributed by atoms with van der Waals surface area (Å²) >= 11 is 4.68. The zero-order chi connectivity index (χ0) is 51.2. The van der Waals surface area contributed by atoms with Gasteiger partial charge in [0.2, 0.25) is 0 Å². The predicted molar refractivity (Wildman–Crippen MR) is 272 cm³/mol. The van der Waals surface area contributed by atoms with Gasteiger partial charge < -0.3 is 33.0 Å². The number of amides is 2. The molecule has 2 amide bonds. The molecule has 0 radical (unpaired) electrons. The quantitative estimate of drug-likeness (QED) is 0.0235. The van der Waals surface area contributed by atoms with Crippen molar-refractivity contribution in [2.45, 2.75) is 67.9 Å². The van der Waals surface area contributed by atoms with Crippen LogP contribution in [0.25, 0.3) is 21.3 Å². The van der Waals surface area contributed by atoms with Gasteiger partial charge >= 0.3 is 0 Å². The number of piperidine rings is 1. The number of nitrogens with one attached hydrogen (secondary N) is 2. The molecule has 19 nitrogen and oxygen atoms in total. The minimum absolute atomic E-state index is 0.00868. The van der Waals surface area contributed by atoms with Crippen molar-refractivity contribution in [3.63, 3.8) is 0 Å². The maximum absolute atomic E-state index is 13.6. The smallest absolute Gasteiger partial charge is 0.265 e. The molecule has 0 bridgehead atoms. The minimum atomic E-state index is -4.07. The van der Waals surface area contributed by atoms with E-state index in [9.17, 15) is 31.6 Å². The summed E-state index contributed by atoms with van der Waals surface area (Å²) in [4.78, 5) is 36.1. The lowest BCUT2D eigenvalue weighted by atomic mass is 9.95. The summed E-state index contributed by atoms with van der Waals surface area (Å²) in [5, 5.41) is 19.1. The van der Waals surface area contributed by atoms with E-state index in [1.165, 1.54) is 41.5 Å². The van der Waals surface area contributed by atoms with Crippen LogP contribution in [0.1, 0.15) is 39.0 Å². The molecule has 72 heavy (non-hydrogen) atoms. The second-order valence-electron chi connectivity index (χ2n) is 16.5. The van der Waals surface area contributed by atoms with E-state index in [2.05, 4.69) is 9.97 Å². The lowest BCUT2D eigenvalue weighted by Gasteiger charge is -2.39. The normalized spacial score (nSPS) is 15.8. The number of nitrogens with zero attached hydrogens (tertiary/aromatic N) is 3. The van der Waals surface area contributed by atoms with Gasteiger partial charge in [0.25, 0.3) is 17.0 Å². The number of benzene rings is 4. The molecule has 4 heterocycles. The fourth-order valence-corrected chi connectivity index (χ4v) is 14.8. The zero-order valence-corrected chi connectivity index (χ0v) is 43.7. The average Bonchev–Trinajstić information content (AvgIpc) is 4.03. The molecule has 2 saturated heterocycles. The number of methoxy groups -OCH3 is 1. The van der Waals surface area contributed by atoms with Crippen LogP contribution in [0.5, 0.6) is 17.2 Å². The van der Waals surface area contributed by atoms with Gasteiger partial charge in [0.1, 0.15) is 22.8 Å². The van der Waals surface area contributed by atoms with E-state index in [1.807, 2.05) is 54.3 Å². The molecule has 6 aromatic rings. The highest BCUT2D eigenvalue weighted by atomic mass is 32.2. The van der Waals surface area contributed by atoms with Crippen LogP contribution >= 0.6 is 34.9 Å². The number of oxazole rings is 1. The van der Waals surface area contributed by atoms with Gasteiger partial charge in [-0.2, -0.15) is 0 Å². The van der Waals surface area contributed by atoms with Gasteiger partial charge in [-0.15, -0.1) is 11.3 Å². The maximum atomic E-state index is 13.6. The number of thiazole rings is 1. The van der Waals surface area contributed by atoms with Crippen LogP contribution in [0.4, 0.5) is 0 Å². The van der Waals surface area contributed by atoms with Crippen molar-refractivity contribution in [1.29, 1.82) is 0 Å². The van der Waals surface area contributed by atoms with Crippen molar-refractivity contribution in [2.24, 2.45) is 0 Å². The molecule has 0 atom stereocenters. The Labute approximate surface area is 430 Å². The number of hydrogen-bond donors (Lipinski definition) is 4. The number of rotatable bonds is 22. The van der Waals surface area contributed by atoms with E-state index < -0.39 is 41.0 Å². The molecule has 0 aliphatic carbocycles. The topological polar surface area (TPSA) is 255 Å². The van der Waals surface area contributed by atoms with Crippen LogP contribution in [0, 0.1) is 0 Å². The Morgan fingerprint density at radius 2 is 1.32 bits per heavy atom. The number of carbonyl (C=O) groups is 2. The molecule has 8 rings (SSSR count). The molecular formula is C48H57N5O14S5. The van der Waals surface area contributed by atoms with Gasteiger partial charge in [-0.3, -0.25) is 20.0 Å². The van der Waals surface area contributed by atoms with Gasteiger partial charge in [-0.05, 0) is 118 Å². The molecular weight excluding hydrogens is 1030 g/mol. The van der Waals surface area contributed by atoms with Crippen LogP contribution in [0.3, 0.4) is 0 Å². The summed E-state index contributed by atoms with van der Waals surface area (Å²) in [6.45, 7) is 5.61. The van der Waals surface area contributed by atoms with E-state index in [-0.39, 0.29) is 48.7 Å². The highest BCUT2D eigenvalue weighted by Crippen LogP contribution is 2.38. The van der Waals surface area contributed by atoms with Gasteiger partial charge in [0.15, 0.2) is 39.1 Å². The summed E-state index contributed by atoms with van der Waals surface area (Å²) in [6, 6.07) is 25.5. The average molecular weight is 1090 g/mol. The summed E-state index contributed by atoms with van der Waals surface area (Å²) < 4.78 is 85.3. The molecule has 24 heteroatoms. The molecule has 4 N–H and O–H groups in total. The number of likely N-dealkylation sites (tertiary alicyclic amines) is 1. The molecule has 0 unspecified atom stereocenters. The first-order valence-corrected chi connectivity index (χ1v) is 28.8. The summed E-state index contributed by atoms with van der Waals surface area (Å²) in [5.74, 6) is 1.44. The largest absolute Gasteiger partial charge is 0.494 e. The molecule has 0 spiro atoms. The number of carbonyl (C=O) groups excluding carboxylic acids is 2. The first-order valence-electron chi connectivity index (χ1n) is 23.1. The third kappa shape index (κ3) is 12.7. The molecule has 2 aromatic heterocycles. The second kappa shape index (κ2) is 25.3. The number of hydrogen-bond acceptors (Lipinski definition) is 20. The first kappa shape index (κ1) is 54.7. The summed E-state index contributed by atoms with van der Waals surface area (Å²) in [5.41, 5.74) is 5.60. The molecule has 2 aliphatic heterocycles. The van der Waals surface area contributed by atoms with E-state index in [1.54, 1.807) is 60.0 Å². The van der Waals surface area contributed by atoms with Crippen LogP contribution in [0.2, 0.25) is 0 Å². The Hall–Kier alpha value is -5.02. The third-order valence-corrected chi connectivity index (χ3v) is 20.3. The van der Waals surface area contributed by atoms with Crippen molar-refractivity contribution in [2.75, 3.05) is 77.9 Å². The third-order valence-electron chi connectivity index (χ3n) is 12.2. The first-order chi connectivity index (χ1) is 34.8. The second-order valence-corrected chi connectivity index (χ2v) is 24.4. The number of aromatic nitrogens is 2. The fraction of sp³-hybridized carbons (Fsp3) is 0.417. The van der Waals surface area contributed by atoms with Crippen molar-refractivity contribution in [3.05, 3.63) is 91.0 Å². The van der Waals surface area contributed by atoms with Gasteiger partial charge in [-0.1, -0.05) is 35.7 Å². The maximum Gasteiger partial charge on any atom is 0.265 e. The highest BCUT2D eigenvalue weighted by molar-refractivity contribution is 8.01. The Morgan fingerprint density at radius 1 is 0.722 bits per heavy atom. The van der Waals surface area contributed by atoms with Gasteiger partial charge in [0.05, 0.1) is 46.4 Å². The molecule has 2 aliphatic rings. The number of thioether (sulfide) groups is 2. The predicted octanol–water partition coefficient (Wildman–Crippen LogP) is 6.84. The number of para-hydroxylation sites is 2. The lowest BCUT2D eigenvalue weighted by Crippen LogP contribution is -2.57. The van der Waals surface area contributed by atoms with Crippen molar-refractivity contribution >= 4 is 87.7 Å². The Morgan fingerprint density at radius 3 is 1.92 bits per heavy atom. The summed E-state index contributed by atoms with van der Waals surface area (Å²) in [7, 11) is -6.53. The van der Waals surface area contributed by atoms with E-state index >= 15 is 0 Å². The van der Waals surface area contributed by atoms with E-state index in [4.69, 9.17) is 33.3 Å². The Bertz CT molecular complexity index is 2930. The monoisotopic (exact) mass is 1090 g/mol. The van der Waals surface area contributed by atoms with Crippen LogP contribution in [-0.4, -0.2) is 141 Å². The highest BCUT2D eigenvalue weighted by Gasteiger charge is 2.54. The molecule has 2 fully saturated rings.